The van der Waals surface area contributed by atoms with Gasteiger partial charge in [-0.15, -0.1) is 0 Å². The Bertz CT molecular complexity index is 428. The molecule has 4 heteroatoms. The van der Waals surface area contributed by atoms with Crippen LogP contribution in [-0.4, -0.2) is 44.2 Å². The standard InChI is InChI=1S/C17H28ClN3/c1-3-7-19-14-15-5-6-16(13-17(15)18)21-11-9-20(8-4-2)10-12-21/h5-6,13,19H,3-4,7-12,14H2,1-2H3. The molecule has 0 bridgehead atoms. The molecule has 1 N–H and O–H groups in total. The highest BCUT2D eigenvalue weighted by atomic mass is 35.5. The molecule has 1 aliphatic heterocycles. The summed E-state index contributed by atoms with van der Waals surface area (Å²) < 4.78 is 0. The second-order valence-electron chi connectivity index (χ2n) is 5.78. The Hall–Kier alpha value is -0.770. The summed E-state index contributed by atoms with van der Waals surface area (Å²) in [4.78, 5) is 4.99. The highest BCUT2D eigenvalue weighted by molar-refractivity contribution is 6.31. The molecule has 1 heterocycles. The van der Waals surface area contributed by atoms with Crippen molar-refractivity contribution in [3.05, 3.63) is 28.8 Å². The zero-order valence-corrected chi connectivity index (χ0v) is 14.1. The molecule has 1 fully saturated rings. The molecule has 0 radical (unpaired) electrons. The fourth-order valence-corrected chi connectivity index (χ4v) is 3.06. The van der Waals surface area contributed by atoms with Crippen LogP contribution < -0.4 is 10.2 Å². The fraction of sp³-hybridized carbons (Fsp3) is 0.647. The molecule has 21 heavy (non-hydrogen) atoms. The maximum atomic E-state index is 6.43. The van der Waals surface area contributed by atoms with Gasteiger partial charge in [0.15, 0.2) is 0 Å². The quantitative estimate of drug-likeness (QED) is 0.779. The van der Waals surface area contributed by atoms with Gasteiger partial charge < -0.3 is 10.2 Å². The minimum absolute atomic E-state index is 0.858. The molecule has 0 spiro atoms. The first kappa shape index (κ1) is 16.6. The number of anilines is 1. The van der Waals surface area contributed by atoms with E-state index in [1.54, 1.807) is 0 Å². The molecule has 2 rings (SSSR count). The molecule has 1 saturated heterocycles. The summed E-state index contributed by atoms with van der Waals surface area (Å²) in [5, 5.41) is 4.29. The van der Waals surface area contributed by atoms with Gasteiger partial charge in [0.25, 0.3) is 0 Å². The van der Waals surface area contributed by atoms with Crippen molar-refractivity contribution in [1.29, 1.82) is 0 Å². The van der Waals surface area contributed by atoms with E-state index in [2.05, 4.69) is 47.2 Å². The lowest BCUT2D eigenvalue weighted by atomic mass is 10.1. The largest absolute Gasteiger partial charge is 0.369 e. The van der Waals surface area contributed by atoms with Crippen LogP contribution in [0.25, 0.3) is 0 Å². The number of hydrogen-bond acceptors (Lipinski definition) is 3. The van der Waals surface area contributed by atoms with Gasteiger partial charge in [-0.25, -0.2) is 0 Å². The highest BCUT2D eigenvalue weighted by Gasteiger charge is 2.17. The highest BCUT2D eigenvalue weighted by Crippen LogP contribution is 2.24. The Kier molecular flexibility index (Phi) is 6.81. The van der Waals surface area contributed by atoms with Crippen LogP contribution in [0.3, 0.4) is 0 Å². The predicted octanol–water partition coefficient (Wildman–Crippen LogP) is 3.37. The van der Waals surface area contributed by atoms with Crippen molar-refractivity contribution in [2.75, 3.05) is 44.2 Å². The Morgan fingerprint density at radius 2 is 1.86 bits per heavy atom. The van der Waals surface area contributed by atoms with E-state index < -0.39 is 0 Å². The van der Waals surface area contributed by atoms with Gasteiger partial charge in [0.1, 0.15) is 0 Å². The molecular weight excluding hydrogens is 282 g/mol. The predicted molar refractivity (Wildman–Crippen MR) is 92.4 cm³/mol. The third-order valence-electron chi connectivity index (χ3n) is 4.06. The monoisotopic (exact) mass is 309 g/mol. The van der Waals surface area contributed by atoms with Crippen molar-refractivity contribution in [3.63, 3.8) is 0 Å². The molecule has 118 valence electrons. The van der Waals surface area contributed by atoms with E-state index in [0.717, 1.165) is 50.7 Å². The molecule has 0 atom stereocenters. The summed E-state index contributed by atoms with van der Waals surface area (Å²) in [7, 11) is 0. The molecule has 3 nitrogen and oxygen atoms in total. The van der Waals surface area contributed by atoms with E-state index in [4.69, 9.17) is 11.6 Å². The zero-order chi connectivity index (χ0) is 15.1. The minimum Gasteiger partial charge on any atom is -0.369 e. The molecule has 0 unspecified atom stereocenters. The second-order valence-corrected chi connectivity index (χ2v) is 6.19. The Morgan fingerprint density at radius 3 is 2.48 bits per heavy atom. The summed E-state index contributed by atoms with van der Waals surface area (Å²) in [5.74, 6) is 0. The third-order valence-corrected chi connectivity index (χ3v) is 4.41. The van der Waals surface area contributed by atoms with Gasteiger partial charge in [0.2, 0.25) is 0 Å². The van der Waals surface area contributed by atoms with Crippen LogP contribution in [0, 0.1) is 0 Å². The number of hydrogen-bond donors (Lipinski definition) is 1. The Balaban J connectivity index is 1.91. The maximum absolute atomic E-state index is 6.43. The van der Waals surface area contributed by atoms with E-state index in [1.165, 1.54) is 24.2 Å². The number of halogens is 1. The first-order valence-corrected chi connectivity index (χ1v) is 8.58. The Morgan fingerprint density at radius 1 is 1.10 bits per heavy atom. The average Bonchev–Trinajstić information content (AvgIpc) is 2.50. The first-order chi connectivity index (χ1) is 10.2. The van der Waals surface area contributed by atoms with Gasteiger partial charge in [-0.3, -0.25) is 4.90 Å². The van der Waals surface area contributed by atoms with Crippen LogP contribution in [-0.2, 0) is 6.54 Å². The maximum Gasteiger partial charge on any atom is 0.0471 e. The van der Waals surface area contributed by atoms with E-state index in [0.29, 0.717) is 0 Å². The van der Waals surface area contributed by atoms with Gasteiger partial charge >= 0.3 is 0 Å². The molecule has 0 aromatic heterocycles. The molecule has 1 aliphatic rings. The summed E-state index contributed by atoms with van der Waals surface area (Å²) in [6.45, 7) is 12.1. The smallest absolute Gasteiger partial charge is 0.0471 e. The van der Waals surface area contributed by atoms with E-state index in [1.807, 2.05) is 0 Å². The normalized spacial score (nSPS) is 16.4. The van der Waals surface area contributed by atoms with Gasteiger partial charge in [-0.1, -0.05) is 31.5 Å². The van der Waals surface area contributed by atoms with Crippen LogP contribution in [0.4, 0.5) is 5.69 Å². The first-order valence-electron chi connectivity index (χ1n) is 8.21. The number of rotatable bonds is 7. The molecule has 0 aliphatic carbocycles. The van der Waals surface area contributed by atoms with Crippen molar-refractivity contribution in [1.82, 2.24) is 10.2 Å². The van der Waals surface area contributed by atoms with Gasteiger partial charge in [-0.2, -0.15) is 0 Å². The van der Waals surface area contributed by atoms with Gasteiger partial charge in [-0.05, 0) is 43.6 Å². The molecule has 1 aromatic carbocycles. The topological polar surface area (TPSA) is 18.5 Å². The summed E-state index contributed by atoms with van der Waals surface area (Å²) in [6.07, 6.45) is 2.39. The lowest BCUT2D eigenvalue weighted by Crippen LogP contribution is -2.46. The SMILES string of the molecule is CCCNCc1ccc(N2CCN(CCC)CC2)cc1Cl. The second kappa shape index (κ2) is 8.62. The van der Waals surface area contributed by atoms with Crippen LogP contribution in [0.1, 0.15) is 32.3 Å². The van der Waals surface area contributed by atoms with Crippen molar-refractivity contribution in [2.24, 2.45) is 0 Å². The Labute approximate surface area is 134 Å². The molecule has 0 saturated carbocycles. The minimum atomic E-state index is 0.858. The van der Waals surface area contributed by atoms with E-state index in [-0.39, 0.29) is 0 Å². The van der Waals surface area contributed by atoms with Crippen molar-refractivity contribution >= 4 is 17.3 Å². The summed E-state index contributed by atoms with van der Waals surface area (Å²) >= 11 is 6.43. The van der Waals surface area contributed by atoms with E-state index in [9.17, 15) is 0 Å². The zero-order valence-electron chi connectivity index (χ0n) is 13.4. The third kappa shape index (κ3) is 4.87. The van der Waals surface area contributed by atoms with Gasteiger partial charge in [0, 0.05) is 43.4 Å². The molecule has 0 amide bonds. The lowest BCUT2D eigenvalue weighted by molar-refractivity contribution is 0.258. The average molecular weight is 310 g/mol. The number of nitrogens with one attached hydrogen (secondary N) is 1. The summed E-state index contributed by atoms with van der Waals surface area (Å²) in [6, 6.07) is 6.50. The molecular formula is C17H28ClN3. The van der Waals surface area contributed by atoms with Crippen LogP contribution in [0.15, 0.2) is 18.2 Å². The number of piperazine rings is 1. The van der Waals surface area contributed by atoms with Crippen molar-refractivity contribution in [2.45, 2.75) is 33.2 Å². The number of nitrogens with zero attached hydrogens (tertiary/aromatic N) is 2. The summed E-state index contributed by atoms with van der Waals surface area (Å²) in [5.41, 5.74) is 2.45. The van der Waals surface area contributed by atoms with Crippen LogP contribution >= 0.6 is 11.6 Å². The van der Waals surface area contributed by atoms with Crippen molar-refractivity contribution < 1.29 is 0 Å². The van der Waals surface area contributed by atoms with Crippen LogP contribution in [0.5, 0.6) is 0 Å². The van der Waals surface area contributed by atoms with Gasteiger partial charge in [0.05, 0.1) is 0 Å². The fourth-order valence-electron chi connectivity index (χ4n) is 2.82. The number of benzene rings is 1. The lowest BCUT2D eigenvalue weighted by Gasteiger charge is -2.36. The van der Waals surface area contributed by atoms with Crippen molar-refractivity contribution in [3.8, 4) is 0 Å². The van der Waals surface area contributed by atoms with Crippen LogP contribution in [0.2, 0.25) is 5.02 Å². The van der Waals surface area contributed by atoms with E-state index >= 15 is 0 Å². The molecule has 1 aromatic rings.